The first-order valence-electron chi connectivity index (χ1n) is 10.3. The molecule has 0 bridgehead atoms. The smallest absolute Gasteiger partial charge is 0.438 e. The molecule has 3 atom stereocenters. The Kier molecular flexibility index (Phi) is 4.02. The molecule has 8 nitrogen and oxygen atoms in total. The number of carboxylic acids is 1. The Morgan fingerprint density at radius 2 is 2.07 bits per heavy atom. The number of aromatic nitrogens is 3. The zero-order chi connectivity index (χ0) is 21.3. The average Bonchev–Trinajstić information content (AvgIpc) is 3.03. The molecule has 1 saturated heterocycles. The molecule has 0 radical (unpaired) electrons. The molecular formula is C22H25N3O5. The van der Waals surface area contributed by atoms with Gasteiger partial charge >= 0.3 is 11.7 Å². The first-order valence-corrected chi connectivity index (χ1v) is 10.3. The first-order chi connectivity index (χ1) is 14.2. The standard InChI is InChI=1S/C22H25N3O5/c1-12-10-22(12,19-23-20(28)30-24-19)25-16-5-4-13(8-15(16)9-17(25)18(26)27)14-6-7-29-21(2,3)11-14/h4-5,8-9,12,14H,6-7,10-11H2,1-3H3,(H,26,27)(H,23,24,28)/t12-,14?,22-/m0/s1. The Hall–Kier alpha value is -2.87. The van der Waals surface area contributed by atoms with E-state index in [1.165, 1.54) is 5.56 Å². The van der Waals surface area contributed by atoms with E-state index in [9.17, 15) is 14.7 Å². The summed E-state index contributed by atoms with van der Waals surface area (Å²) in [6.45, 7) is 6.95. The highest BCUT2D eigenvalue weighted by Crippen LogP contribution is 2.55. The molecule has 5 rings (SSSR count). The molecule has 8 heteroatoms. The van der Waals surface area contributed by atoms with Gasteiger partial charge in [-0.3, -0.25) is 9.51 Å². The van der Waals surface area contributed by atoms with Crippen molar-refractivity contribution in [2.45, 2.75) is 57.1 Å². The predicted molar refractivity (Wildman–Crippen MR) is 109 cm³/mol. The molecule has 1 saturated carbocycles. The van der Waals surface area contributed by atoms with Crippen LogP contribution in [0.1, 0.15) is 67.8 Å². The Morgan fingerprint density at radius 1 is 1.30 bits per heavy atom. The van der Waals surface area contributed by atoms with Crippen molar-refractivity contribution in [3.05, 3.63) is 51.9 Å². The van der Waals surface area contributed by atoms with E-state index in [0.29, 0.717) is 18.2 Å². The highest BCUT2D eigenvalue weighted by molar-refractivity contribution is 5.95. The molecular weight excluding hydrogens is 386 g/mol. The number of carbonyl (C=O) groups is 1. The van der Waals surface area contributed by atoms with Crippen LogP contribution >= 0.6 is 0 Å². The van der Waals surface area contributed by atoms with Gasteiger partial charge in [-0.05, 0) is 68.7 Å². The van der Waals surface area contributed by atoms with Crippen molar-refractivity contribution in [3.8, 4) is 0 Å². The number of ether oxygens (including phenoxy) is 1. The zero-order valence-corrected chi connectivity index (χ0v) is 17.3. The summed E-state index contributed by atoms with van der Waals surface area (Å²) < 4.78 is 12.4. The van der Waals surface area contributed by atoms with Crippen molar-refractivity contribution in [1.82, 2.24) is 14.7 Å². The van der Waals surface area contributed by atoms with Crippen molar-refractivity contribution in [1.29, 1.82) is 0 Å². The summed E-state index contributed by atoms with van der Waals surface area (Å²) in [5, 5.41) is 14.7. The minimum Gasteiger partial charge on any atom is -0.477 e. The fourth-order valence-corrected chi connectivity index (χ4v) is 5.16. The molecule has 1 aliphatic heterocycles. The predicted octanol–water partition coefficient (Wildman–Crippen LogP) is 3.47. The maximum atomic E-state index is 12.1. The Morgan fingerprint density at radius 3 is 2.67 bits per heavy atom. The van der Waals surface area contributed by atoms with Crippen molar-refractivity contribution in [3.63, 3.8) is 0 Å². The number of nitrogens with one attached hydrogen (secondary N) is 1. The van der Waals surface area contributed by atoms with E-state index >= 15 is 0 Å². The van der Waals surface area contributed by atoms with Gasteiger partial charge in [-0.1, -0.05) is 18.1 Å². The van der Waals surface area contributed by atoms with Crippen LogP contribution in [0.3, 0.4) is 0 Å². The molecule has 1 aliphatic carbocycles. The lowest BCUT2D eigenvalue weighted by atomic mass is 9.83. The number of hydrogen-bond acceptors (Lipinski definition) is 5. The van der Waals surface area contributed by atoms with Crippen LogP contribution in [-0.2, 0) is 10.3 Å². The fraction of sp³-hybridized carbons (Fsp3) is 0.500. The molecule has 1 unspecified atom stereocenters. The number of nitrogens with zero attached hydrogens (tertiary/aromatic N) is 2. The van der Waals surface area contributed by atoms with E-state index in [4.69, 9.17) is 9.26 Å². The molecule has 1 aromatic carbocycles. The summed E-state index contributed by atoms with van der Waals surface area (Å²) in [5.74, 6) is -0.792. The van der Waals surface area contributed by atoms with Crippen LogP contribution in [0.2, 0.25) is 0 Å². The van der Waals surface area contributed by atoms with Gasteiger partial charge in [0, 0.05) is 17.5 Å². The van der Waals surface area contributed by atoms with Crippen molar-refractivity contribution in [2.24, 2.45) is 5.92 Å². The summed E-state index contributed by atoms with van der Waals surface area (Å²) in [7, 11) is 0. The van der Waals surface area contributed by atoms with Crippen LogP contribution in [0.25, 0.3) is 10.9 Å². The third-order valence-electron chi connectivity index (χ3n) is 6.74. The summed E-state index contributed by atoms with van der Waals surface area (Å²) >= 11 is 0. The number of aromatic amines is 1. The second-order valence-electron chi connectivity index (χ2n) is 9.26. The van der Waals surface area contributed by atoms with Gasteiger partial charge in [0.2, 0.25) is 0 Å². The second kappa shape index (κ2) is 6.31. The van der Waals surface area contributed by atoms with Gasteiger partial charge < -0.3 is 14.4 Å². The van der Waals surface area contributed by atoms with Crippen LogP contribution in [0.15, 0.2) is 33.6 Å². The molecule has 3 heterocycles. The second-order valence-corrected chi connectivity index (χ2v) is 9.26. The summed E-state index contributed by atoms with van der Waals surface area (Å²) in [6.07, 6.45) is 2.55. The van der Waals surface area contributed by atoms with Crippen LogP contribution in [0, 0.1) is 5.92 Å². The highest BCUT2D eigenvalue weighted by Gasteiger charge is 2.59. The molecule has 30 heavy (non-hydrogen) atoms. The monoisotopic (exact) mass is 411 g/mol. The molecule has 2 aliphatic rings. The van der Waals surface area contributed by atoms with E-state index in [-0.39, 0.29) is 17.2 Å². The number of rotatable bonds is 4. The lowest BCUT2D eigenvalue weighted by Crippen LogP contribution is -2.32. The third kappa shape index (κ3) is 2.81. The van der Waals surface area contributed by atoms with Crippen molar-refractivity contribution in [2.75, 3.05) is 6.61 Å². The minimum absolute atomic E-state index is 0.114. The zero-order valence-electron chi connectivity index (χ0n) is 17.3. The van der Waals surface area contributed by atoms with Crippen LogP contribution in [0.4, 0.5) is 0 Å². The normalized spacial score (nSPS) is 28.0. The van der Waals surface area contributed by atoms with Crippen LogP contribution in [-0.4, -0.2) is 38.0 Å². The Balaban J connectivity index is 1.65. The third-order valence-corrected chi connectivity index (χ3v) is 6.74. The molecule has 158 valence electrons. The maximum Gasteiger partial charge on any atom is 0.438 e. The van der Waals surface area contributed by atoms with E-state index in [1.54, 1.807) is 10.6 Å². The van der Waals surface area contributed by atoms with Crippen molar-refractivity contribution < 1.29 is 19.2 Å². The molecule has 3 aromatic rings. The number of aromatic carboxylic acids is 1. The maximum absolute atomic E-state index is 12.1. The summed E-state index contributed by atoms with van der Waals surface area (Å²) in [6, 6.07) is 7.89. The Labute approximate surface area is 172 Å². The summed E-state index contributed by atoms with van der Waals surface area (Å²) in [4.78, 5) is 26.3. The number of carboxylic acid groups (broad SMARTS) is 1. The van der Waals surface area contributed by atoms with Gasteiger partial charge in [0.25, 0.3) is 0 Å². The van der Waals surface area contributed by atoms with Gasteiger partial charge in [-0.15, -0.1) is 0 Å². The van der Waals surface area contributed by atoms with Crippen molar-refractivity contribution >= 4 is 16.9 Å². The van der Waals surface area contributed by atoms with E-state index < -0.39 is 17.3 Å². The topological polar surface area (TPSA) is 110 Å². The minimum atomic E-state index is -1.01. The number of H-pyrrole nitrogens is 1. The van der Waals surface area contributed by atoms with Crippen LogP contribution < -0.4 is 5.76 Å². The number of fused-ring (bicyclic) bond motifs is 1. The SMILES string of the molecule is C[C@H]1C[C@]1(c1noc(=O)[nH]1)n1c(C(=O)O)cc2cc(C3CCOC(C)(C)C3)ccc21. The molecule has 2 N–H and O–H groups in total. The van der Waals surface area contributed by atoms with E-state index in [2.05, 4.69) is 36.1 Å². The number of benzene rings is 1. The first kappa shape index (κ1) is 19.1. The Bertz CT molecular complexity index is 1200. The van der Waals surface area contributed by atoms with Gasteiger partial charge in [-0.25, -0.2) is 9.59 Å². The quantitative estimate of drug-likeness (QED) is 0.680. The lowest BCUT2D eigenvalue weighted by Gasteiger charge is -2.35. The highest BCUT2D eigenvalue weighted by atomic mass is 16.5. The van der Waals surface area contributed by atoms with Crippen LogP contribution in [0.5, 0.6) is 0 Å². The fourth-order valence-electron chi connectivity index (χ4n) is 5.16. The summed E-state index contributed by atoms with van der Waals surface area (Å²) in [5.41, 5.74) is 1.31. The largest absolute Gasteiger partial charge is 0.477 e. The molecule has 0 spiro atoms. The molecule has 0 amide bonds. The van der Waals surface area contributed by atoms with Gasteiger partial charge in [0.15, 0.2) is 5.82 Å². The lowest BCUT2D eigenvalue weighted by molar-refractivity contribution is -0.0592. The molecule has 2 fully saturated rings. The van der Waals surface area contributed by atoms with E-state index in [0.717, 1.165) is 30.4 Å². The van der Waals surface area contributed by atoms with E-state index in [1.807, 2.05) is 13.0 Å². The number of hydrogen-bond donors (Lipinski definition) is 2. The van der Waals surface area contributed by atoms with Gasteiger partial charge in [-0.2, -0.15) is 0 Å². The van der Waals surface area contributed by atoms with Gasteiger partial charge in [0.1, 0.15) is 11.2 Å². The van der Waals surface area contributed by atoms with Gasteiger partial charge in [0.05, 0.1) is 5.60 Å². The molecule has 2 aromatic heterocycles. The average molecular weight is 411 g/mol.